The van der Waals surface area contributed by atoms with Crippen molar-refractivity contribution in [1.82, 2.24) is 19.8 Å². The van der Waals surface area contributed by atoms with Gasteiger partial charge in [0.2, 0.25) is 0 Å². The molecule has 0 aliphatic carbocycles. The van der Waals surface area contributed by atoms with E-state index >= 15 is 0 Å². The van der Waals surface area contributed by atoms with Gasteiger partial charge in [-0.2, -0.15) is 0 Å². The number of H-pyrrole nitrogens is 1. The second-order valence-electron chi connectivity index (χ2n) is 10.7. The van der Waals surface area contributed by atoms with E-state index in [1.165, 1.54) is 28.3 Å². The topological polar surface area (TPSA) is 47.5 Å². The maximum Gasteiger partial charge on any atom is 0.150 e. The molecule has 3 heterocycles. The van der Waals surface area contributed by atoms with Crippen LogP contribution in [-0.4, -0.2) is 59.3 Å². The smallest absolute Gasteiger partial charge is 0.150 e. The summed E-state index contributed by atoms with van der Waals surface area (Å²) in [7, 11) is 3.96. The second kappa shape index (κ2) is 11.0. The maximum absolute atomic E-state index is 14.8. The zero-order valence-electron chi connectivity index (χ0n) is 22.8. The summed E-state index contributed by atoms with van der Waals surface area (Å²) in [4.78, 5) is 16.8. The molecule has 6 heteroatoms. The number of nitrogens with zero attached hydrogens (tertiary/aromatic N) is 4. The number of likely N-dealkylation sites (N-methyl/N-ethyl adjacent to an activating group) is 1. The summed E-state index contributed by atoms with van der Waals surface area (Å²) in [5.41, 5.74) is 7.19. The van der Waals surface area contributed by atoms with Crippen LogP contribution in [0.25, 0.3) is 22.2 Å². The van der Waals surface area contributed by atoms with Gasteiger partial charge in [0.15, 0.2) is 5.82 Å². The number of piperidine rings is 1. The Kier molecular flexibility index (Phi) is 7.94. The molecule has 1 aliphatic heterocycles. The number of aryl methyl sites for hydroxylation is 1. The van der Waals surface area contributed by atoms with E-state index < -0.39 is 0 Å². The first-order valence-corrected chi connectivity index (χ1v) is 13.0. The third-order valence-electron chi connectivity index (χ3n) is 7.24. The van der Waals surface area contributed by atoms with Crippen LogP contribution < -0.4 is 0 Å². The van der Waals surface area contributed by atoms with Gasteiger partial charge in [0.1, 0.15) is 5.84 Å². The SMILES string of the molecule is CN=C(CN1CCC(c2ccc3[nH]c(-c4cc(C)ncc4F)c(C(C)C)c3c2)CC1)N(C)C=C(C)C. The van der Waals surface area contributed by atoms with Crippen molar-refractivity contribution in [2.24, 2.45) is 4.99 Å². The van der Waals surface area contributed by atoms with Gasteiger partial charge in [-0.25, -0.2) is 4.39 Å². The minimum atomic E-state index is -0.285. The number of aliphatic imine (C=N–C) groups is 1. The molecule has 0 bridgehead atoms. The van der Waals surface area contributed by atoms with Gasteiger partial charge in [0.05, 0.1) is 18.4 Å². The summed E-state index contributed by atoms with van der Waals surface area (Å²) in [5, 5.41) is 1.21. The largest absolute Gasteiger partial charge is 0.354 e. The van der Waals surface area contributed by atoms with E-state index in [2.05, 4.69) is 83.9 Å². The van der Waals surface area contributed by atoms with Crippen LogP contribution in [-0.2, 0) is 0 Å². The van der Waals surface area contributed by atoms with E-state index in [4.69, 9.17) is 0 Å². The monoisotopic (exact) mass is 489 g/mol. The fourth-order valence-corrected chi connectivity index (χ4v) is 5.46. The lowest BCUT2D eigenvalue weighted by Crippen LogP contribution is -2.40. The number of aromatic amines is 1. The molecule has 0 spiro atoms. The number of rotatable bonds is 6. The van der Waals surface area contributed by atoms with Crippen LogP contribution in [0.15, 0.2) is 47.2 Å². The first kappa shape index (κ1) is 26.1. The minimum absolute atomic E-state index is 0.267. The first-order valence-electron chi connectivity index (χ1n) is 13.0. The number of nitrogens with one attached hydrogen (secondary N) is 1. The Morgan fingerprint density at radius 2 is 1.97 bits per heavy atom. The highest BCUT2D eigenvalue weighted by Gasteiger charge is 2.24. The number of hydrogen-bond acceptors (Lipinski definition) is 3. The molecule has 0 saturated carbocycles. The molecule has 0 radical (unpaired) electrons. The number of amidine groups is 1. The van der Waals surface area contributed by atoms with Crippen molar-refractivity contribution in [2.45, 2.75) is 59.3 Å². The molecule has 5 nitrogen and oxygen atoms in total. The van der Waals surface area contributed by atoms with Crippen LogP contribution in [0, 0.1) is 12.7 Å². The van der Waals surface area contributed by atoms with Gasteiger partial charge >= 0.3 is 0 Å². The molecular weight excluding hydrogens is 449 g/mol. The standard InChI is InChI=1S/C30H40FN5/c1-19(2)17-35(7)28(32-6)18-36-12-10-22(11-13-36)23-8-9-27-25(15-23)29(20(3)4)30(34-27)24-14-21(5)33-16-26(24)31/h8-9,14-17,20,22,34H,10-13,18H2,1-7H3. The molecule has 0 atom stereocenters. The molecule has 3 aromatic rings. The van der Waals surface area contributed by atoms with Crippen molar-refractivity contribution in [1.29, 1.82) is 0 Å². The molecule has 4 rings (SSSR count). The highest BCUT2D eigenvalue weighted by molar-refractivity contribution is 5.92. The lowest BCUT2D eigenvalue weighted by molar-refractivity contribution is 0.234. The third-order valence-corrected chi connectivity index (χ3v) is 7.24. The lowest BCUT2D eigenvalue weighted by atomic mass is 9.87. The van der Waals surface area contributed by atoms with E-state index in [0.29, 0.717) is 11.5 Å². The second-order valence-corrected chi connectivity index (χ2v) is 10.7. The quantitative estimate of drug-likeness (QED) is 0.304. The minimum Gasteiger partial charge on any atom is -0.354 e. The summed E-state index contributed by atoms with van der Waals surface area (Å²) in [6, 6.07) is 8.61. The zero-order chi connectivity index (χ0) is 26.0. The predicted molar refractivity (Wildman–Crippen MR) is 149 cm³/mol. The maximum atomic E-state index is 14.8. The van der Waals surface area contributed by atoms with Crippen LogP contribution >= 0.6 is 0 Å². The molecule has 0 unspecified atom stereocenters. The van der Waals surface area contributed by atoms with Crippen molar-refractivity contribution in [2.75, 3.05) is 33.7 Å². The normalized spacial score (nSPS) is 15.6. The van der Waals surface area contributed by atoms with Crippen LogP contribution in [0.1, 0.15) is 69.2 Å². The third kappa shape index (κ3) is 5.54. The van der Waals surface area contributed by atoms with Crippen molar-refractivity contribution < 1.29 is 4.39 Å². The molecule has 36 heavy (non-hydrogen) atoms. The van der Waals surface area contributed by atoms with Crippen molar-refractivity contribution in [3.8, 4) is 11.3 Å². The van der Waals surface area contributed by atoms with Crippen molar-refractivity contribution in [3.05, 3.63) is 64.9 Å². The Balaban J connectivity index is 1.55. The number of fused-ring (bicyclic) bond motifs is 1. The molecule has 1 fully saturated rings. The fraction of sp³-hybridized carbons (Fsp3) is 0.467. The molecular formula is C30H40FN5. The van der Waals surface area contributed by atoms with Crippen LogP contribution in [0.5, 0.6) is 0 Å². The summed E-state index contributed by atoms with van der Waals surface area (Å²) < 4.78 is 14.8. The Bertz CT molecular complexity index is 1270. The number of hydrogen-bond donors (Lipinski definition) is 1. The lowest BCUT2D eigenvalue weighted by Gasteiger charge is -2.33. The number of pyridine rings is 1. The summed E-state index contributed by atoms with van der Waals surface area (Å²) >= 11 is 0. The molecule has 1 N–H and O–H groups in total. The number of benzene rings is 1. The van der Waals surface area contributed by atoms with E-state index in [1.54, 1.807) is 0 Å². The van der Waals surface area contributed by atoms with Crippen LogP contribution in [0.4, 0.5) is 4.39 Å². The fourth-order valence-electron chi connectivity index (χ4n) is 5.46. The van der Waals surface area contributed by atoms with Gasteiger partial charge in [0.25, 0.3) is 0 Å². The molecule has 0 amide bonds. The van der Waals surface area contributed by atoms with E-state index in [9.17, 15) is 4.39 Å². The molecule has 1 saturated heterocycles. The van der Waals surface area contributed by atoms with Gasteiger partial charge in [-0.3, -0.25) is 14.9 Å². The summed E-state index contributed by atoms with van der Waals surface area (Å²) in [5.74, 6) is 1.60. The molecule has 192 valence electrons. The van der Waals surface area contributed by atoms with Crippen LogP contribution in [0.2, 0.25) is 0 Å². The van der Waals surface area contributed by atoms with Crippen molar-refractivity contribution >= 4 is 16.7 Å². The number of allylic oxidation sites excluding steroid dienone is 1. The van der Waals surface area contributed by atoms with Crippen LogP contribution in [0.3, 0.4) is 0 Å². The Labute approximate surface area is 215 Å². The molecule has 1 aliphatic rings. The molecule has 2 aromatic heterocycles. The van der Waals surface area contributed by atoms with E-state index in [1.807, 2.05) is 20.0 Å². The summed E-state index contributed by atoms with van der Waals surface area (Å²) in [6.07, 6.45) is 5.72. The van der Waals surface area contributed by atoms with Crippen molar-refractivity contribution in [3.63, 3.8) is 0 Å². The van der Waals surface area contributed by atoms with Gasteiger partial charge in [-0.05, 0) is 87.9 Å². The van der Waals surface area contributed by atoms with Gasteiger partial charge in [-0.15, -0.1) is 0 Å². The highest BCUT2D eigenvalue weighted by atomic mass is 19.1. The van der Waals surface area contributed by atoms with E-state index in [-0.39, 0.29) is 11.7 Å². The van der Waals surface area contributed by atoms with Gasteiger partial charge < -0.3 is 9.88 Å². The first-order chi connectivity index (χ1) is 17.2. The number of aromatic nitrogens is 2. The van der Waals surface area contributed by atoms with Gasteiger partial charge in [-0.1, -0.05) is 25.5 Å². The highest BCUT2D eigenvalue weighted by Crippen LogP contribution is 2.39. The molecule has 1 aromatic carbocycles. The Hall–Kier alpha value is -2.99. The predicted octanol–water partition coefficient (Wildman–Crippen LogP) is 6.86. The summed E-state index contributed by atoms with van der Waals surface area (Å²) in [6.45, 7) is 13.5. The zero-order valence-corrected chi connectivity index (χ0v) is 22.8. The Morgan fingerprint density at radius 3 is 2.61 bits per heavy atom. The Morgan fingerprint density at radius 1 is 1.25 bits per heavy atom. The average molecular weight is 490 g/mol. The number of halogens is 1. The van der Waals surface area contributed by atoms with Gasteiger partial charge in [0, 0.05) is 42.5 Å². The average Bonchev–Trinajstić information content (AvgIpc) is 3.22. The number of likely N-dealkylation sites (tertiary alicyclic amines) is 1. The van der Waals surface area contributed by atoms with E-state index in [0.717, 1.165) is 55.2 Å².